The third-order valence-electron chi connectivity index (χ3n) is 3.32. The van der Waals surface area contributed by atoms with Crippen LogP contribution in [0.15, 0.2) is 28.7 Å². The maximum absolute atomic E-state index is 11.1. The number of nitrogens with one attached hydrogen (secondary N) is 1. The highest BCUT2D eigenvalue weighted by Gasteiger charge is 2.35. The fourth-order valence-electron chi connectivity index (χ4n) is 2.51. The highest BCUT2D eigenvalue weighted by Crippen LogP contribution is 2.34. The average molecular weight is 298 g/mol. The fraction of sp³-hybridized carbons (Fsp3) is 0.462. The van der Waals surface area contributed by atoms with E-state index in [1.165, 1.54) is 0 Å². The maximum Gasteiger partial charge on any atom is 0.305 e. The molecule has 1 unspecified atom stereocenters. The molecule has 2 N–H and O–H groups in total. The highest BCUT2D eigenvalue weighted by molar-refractivity contribution is 9.10. The molecular formula is C13H16BrNO2. The molecule has 0 saturated carbocycles. The van der Waals surface area contributed by atoms with Crippen molar-refractivity contribution in [2.75, 3.05) is 6.54 Å². The van der Waals surface area contributed by atoms with Gasteiger partial charge in [-0.15, -0.1) is 0 Å². The van der Waals surface area contributed by atoms with E-state index in [0.717, 1.165) is 35.8 Å². The van der Waals surface area contributed by atoms with Crippen LogP contribution in [-0.2, 0) is 10.3 Å². The highest BCUT2D eigenvalue weighted by atomic mass is 79.9. The molecule has 0 bridgehead atoms. The number of carboxylic acid groups (broad SMARTS) is 1. The molecule has 92 valence electrons. The second-order valence-corrected chi connectivity index (χ2v) is 5.46. The largest absolute Gasteiger partial charge is 0.481 e. The SMILES string of the molecule is O=C(O)CC1(c2cccc(Br)c2)CCCCN1. The fourth-order valence-corrected chi connectivity index (χ4v) is 2.91. The first-order valence-corrected chi connectivity index (χ1v) is 6.65. The van der Waals surface area contributed by atoms with E-state index >= 15 is 0 Å². The van der Waals surface area contributed by atoms with Crippen LogP contribution < -0.4 is 5.32 Å². The lowest BCUT2D eigenvalue weighted by Crippen LogP contribution is -2.47. The van der Waals surface area contributed by atoms with Crippen LogP contribution in [0.2, 0.25) is 0 Å². The van der Waals surface area contributed by atoms with E-state index in [4.69, 9.17) is 5.11 Å². The van der Waals surface area contributed by atoms with Gasteiger partial charge < -0.3 is 10.4 Å². The lowest BCUT2D eigenvalue weighted by molar-refractivity contribution is -0.139. The molecule has 1 aromatic rings. The predicted molar refractivity (Wildman–Crippen MR) is 69.9 cm³/mol. The Balaban J connectivity index is 2.35. The minimum Gasteiger partial charge on any atom is -0.481 e. The van der Waals surface area contributed by atoms with Crippen LogP contribution >= 0.6 is 15.9 Å². The molecule has 1 fully saturated rings. The third kappa shape index (κ3) is 2.87. The molecule has 0 radical (unpaired) electrons. The van der Waals surface area contributed by atoms with Crippen molar-refractivity contribution in [2.45, 2.75) is 31.2 Å². The van der Waals surface area contributed by atoms with Gasteiger partial charge in [-0.05, 0) is 43.5 Å². The van der Waals surface area contributed by atoms with Gasteiger partial charge in [0.2, 0.25) is 0 Å². The molecule has 4 heteroatoms. The van der Waals surface area contributed by atoms with Crippen molar-refractivity contribution in [3.8, 4) is 0 Å². The molecule has 1 atom stereocenters. The van der Waals surface area contributed by atoms with Gasteiger partial charge in [-0.1, -0.05) is 28.1 Å². The van der Waals surface area contributed by atoms with Crippen molar-refractivity contribution in [1.29, 1.82) is 0 Å². The summed E-state index contributed by atoms with van der Waals surface area (Å²) < 4.78 is 0.993. The predicted octanol–water partition coefficient (Wildman–Crippen LogP) is 2.89. The molecule has 1 saturated heterocycles. The number of carboxylic acids is 1. The Morgan fingerprint density at radius 2 is 2.29 bits per heavy atom. The molecule has 1 heterocycles. The van der Waals surface area contributed by atoms with Crippen molar-refractivity contribution >= 4 is 21.9 Å². The van der Waals surface area contributed by atoms with Crippen LogP contribution in [0, 0.1) is 0 Å². The first kappa shape index (κ1) is 12.6. The van der Waals surface area contributed by atoms with Gasteiger partial charge >= 0.3 is 5.97 Å². The van der Waals surface area contributed by atoms with Gasteiger partial charge in [0.15, 0.2) is 0 Å². The van der Waals surface area contributed by atoms with Gasteiger partial charge in [0.25, 0.3) is 0 Å². The van der Waals surface area contributed by atoms with Gasteiger partial charge in [0.05, 0.1) is 12.0 Å². The number of piperidine rings is 1. The number of hydrogen-bond donors (Lipinski definition) is 2. The average Bonchev–Trinajstić information content (AvgIpc) is 2.29. The monoisotopic (exact) mass is 297 g/mol. The number of rotatable bonds is 3. The number of benzene rings is 1. The number of aliphatic carboxylic acids is 1. The molecule has 1 aliphatic rings. The molecule has 0 spiro atoms. The Kier molecular flexibility index (Phi) is 3.84. The summed E-state index contributed by atoms with van der Waals surface area (Å²) in [5.41, 5.74) is 0.669. The van der Waals surface area contributed by atoms with Crippen LogP contribution in [0.5, 0.6) is 0 Å². The number of halogens is 1. The summed E-state index contributed by atoms with van der Waals surface area (Å²) in [4.78, 5) is 11.1. The van der Waals surface area contributed by atoms with E-state index in [1.54, 1.807) is 0 Å². The molecule has 0 aliphatic carbocycles. The van der Waals surface area contributed by atoms with Crippen molar-refractivity contribution in [3.63, 3.8) is 0 Å². The topological polar surface area (TPSA) is 49.3 Å². The smallest absolute Gasteiger partial charge is 0.305 e. The van der Waals surface area contributed by atoms with E-state index in [0.29, 0.717) is 0 Å². The van der Waals surface area contributed by atoms with E-state index in [1.807, 2.05) is 24.3 Å². The summed E-state index contributed by atoms with van der Waals surface area (Å²) >= 11 is 3.44. The minimum atomic E-state index is -0.751. The molecular weight excluding hydrogens is 282 g/mol. The molecule has 1 aromatic carbocycles. The van der Waals surface area contributed by atoms with Crippen molar-refractivity contribution in [2.24, 2.45) is 0 Å². The first-order chi connectivity index (χ1) is 8.12. The lowest BCUT2D eigenvalue weighted by atomic mass is 9.80. The van der Waals surface area contributed by atoms with E-state index < -0.39 is 11.5 Å². The number of hydrogen-bond acceptors (Lipinski definition) is 2. The summed E-state index contributed by atoms with van der Waals surface area (Å²) in [6.07, 6.45) is 3.22. The molecule has 17 heavy (non-hydrogen) atoms. The van der Waals surface area contributed by atoms with E-state index in [9.17, 15) is 4.79 Å². The standard InChI is InChI=1S/C13H16BrNO2/c14-11-5-3-4-10(8-11)13(9-12(16)17)6-1-2-7-15-13/h3-5,8,15H,1-2,6-7,9H2,(H,16,17). The third-order valence-corrected chi connectivity index (χ3v) is 3.82. The molecule has 1 aliphatic heterocycles. The zero-order valence-electron chi connectivity index (χ0n) is 9.58. The number of carbonyl (C=O) groups is 1. The summed E-state index contributed by atoms with van der Waals surface area (Å²) in [5.74, 6) is -0.751. The normalized spacial score (nSPS) is 24.5. The Morgan fingerprint density at radius 1 is 1.47 bits per heavy atom. The second kappa shape index (κ2) is 5.19. The van der Waals surface area contributed by atoms with Crippen molar-refractivity contribution in [3.05, 3.63) is 34.3 Å². The van der Waals surface area contributed by atoms with Crippen molar-refractivity contribution < 1.29 is 9.90 Å². The maximum atomic E-state index is 11.1. The zero-order valence-corrected chi connectivity index (χ0v) is 11.2. The van der Waals surface area contributed by atoms with Crippen LogP contribution in [0.1, 0.15) is 31.2 Å². The summed E-state index contributed by atoms with van der Waals surface area (Å²) in [6, 6.07) is 7.94. The lowest BCUT2D eigenvalue weighted by Gasteiger charge is -2.38. The molecule has 0 amide bonds. The molecule has 0 aromatic heterocycles. The summed E-state index contributed by atoms with van der Waals surface area (Å²) in [6.45, 7) is 0.889. The van der Waals surface area contributed by atoms with Gasteiger partial charge in [0.1, 0.15) is 0 Å². The van der Waals surface area contributed by atoms with Crippen LogP contribution in [0.4, 0.5) is 0 Å². The van der Waals surface area contributed by atoms with Gasteiger partial charge in [0, 0.05) is 4.47 Å². The summed E-state index contributed by atoms with van der Waals surface area (Å²) in [5, 5.41) is 12.5. The molecule has 2 rings (SSSR count). The Hall–Kier alpha value is -0.870. The Morgan fingerprint density at radius 3 is 2.88 bits per heavy atom. The first-order valence-electron chi connectivity index (χ1n) is 5.85. The van der Waals surface area contributed by atoms with Crippen LogP contribution in [0.3, 0.4) is 0 Å². The van der Waals surface area contributed by atoms with E-state index in [2.05, 4.69) is 21.2 Å². The molecule has 3 nitrogen and oxygen atoms in total. The van der Waals surface area contributed by atoms with Crippen LogP contribution in [0.25, 0.3) is 0 Å². The Bertz CT molecular complexity index is 414. The quantitative estimate of drug-likeness (QED) is 0.902. The summed E-state index contributed by atoms with van der Waals surface area (Å²) in [7, 11) is 0. The van der Waals surface area contributed by atoms with Crippen LogP contribution in [-0.4, -0.2) is 17.6 Å². The zero-order chi connectivity index (χ0) is 12.3. The van der Waals surface area contributed by atoms with Gasteiger partial charge in [-0.3, -0.25) is 4.79 Å². The van der Waals surface area contributed by atoms with E-state index in [-0.39, 0.29) is 6.42 Å². The Labute approximate surface area is 109 Å². The van der Waals surface area contributed by atoms with Gasteiger partial charge in [-0.2, -0.15) is 0 Å². The second-order valence-electron chi connectivity index (χ2n) is 4.55. The van der Waals surface area contributed by atoms with Gasteiger partial charge in [-0.25, -0.2) is 0 Å². The minimum absolute atomic E-state index is 0.142. The van der Waals surface area contributed by atoms with Crippen molar-refractivity contribution in [1.82, 2.24) is 5.32 Å².